The van der Waals surface area contributed by atoms with Gasteiger partial charge in [-0.2, -0.15) is 9.98 Å². The number of fused-ring (bicyclic) bond motifs is 1. The minimum absolute atomic E-state index is 0.0457. The number of sulfonamides is 1. The van der Waals surface area contributed by atoms with Gasteiger partial charge in [-0.25, -0.2) is 13.4 Å². The van der Waals surface area contributed by atoms with Crippen LogP contribution in [0.15, 0.2) is 46.2 Å². The van der Waals surface area contributed by atoms with Crippen molar-refractivity contribution in [1.82, 2.24) is 24.2 Å². The van der Waals surface area contributed by atoms with Crippen molar-refractivity contribution in [1.29, 1.82) is 5.26 Å². The highest BCUT2D eigenvalue weighted by atomic mass is 79.9. The summed E-state index contributed by atoms with van der Waals surface area (Å²) in [5, 5.41) is 9.71. The smallest absolute Gasteiger partial charge is 0.242 e. The van der Waals surface area contributed by atoms with Gasteiger partial charge >= 0.3 is 0 Å². The van der Waals surface area contributed by atoms with Gasteiger partial charge in [0, 0.05) is 42.7 Å². The maximum Gasteiger partial charge on any atom is 0.242 e. The summed E-state index contributed by atoms with van der Waals surface area (Å²) < 4.78 is 31.8. The van der Waals surface area contributed by atoms with E-state index in [4.69, 9.17) is 0 Å². The minimum atomic E-state index is -4.04. The molecule has 1 atom stereocenters. The number of H-pyrrole nitrogens is 1. The molecule has 33 heavy (non-hydrogen) atoms. The highest BCUT2D eigenvalue weighted by molar-refractivity contribution is 9.10. The molecule has 3 aromatic heterocycles. The Morgan fingerprint density at radius 3 is 2.88 bits per heavy atom. The van der Waals surface area contributed by atoms with Crippen molar-refractivity contribution in [2.75, 3.05) is 13.1 Å². The SMILES string of the molecule is CC1CCN(C(=O)C(CCn2cccc2C#N)NS(=O)(=O)c2ccnc3[nH]cc(Br)c23)CC1. The van der Waals surface area contributed by atoms with E-state index in [-0.39, 0.29) is 17.2 Å². The molecule has 4 rings (SSSR count). The number of aromatic nitrogens is 3. The molecule has 1 saturated heterocycles. The first-order valence-corrected chi connectivity index (χ1v) is 13.1. The number of nitrogens with one attached hydrogen (secondary N) is 2. The van der Waals surface area contributed by atoms with Crippen LogP contribution in [0, 0.1) is 17.2 Å². The molecule has 1 unspecified atom stereocenters. The molecule has 9 nitrogen and oxygen atoms in total. The Bertz CT molecular complexity index is 1300. The topological polar surface area (TPSA) is 124 Å². The van der Waals surface area contributed by atoms with Crippen LogP contribution in [0.4, 0.5) is 0 Å². The number of hydrogen-bond donors (Lipinski definition) is 2. The fourth-order valence-corrected chi connectivity index (χ4v) is 6.21. The molecule has 11 heteroatoms. The van der Waals surface area contributed by atoms with Crippen LogP contribution in [0.25, 0.3) is 11.0 Å². The quantitative estimate of drug-likeness (QED) is 0.483. The zero-order chi connectivity index (χ0) is 23.6. The Hall–Kier alpha value is -2.68. The number of carbonyl (C=O) groups excluding carboxylic acids is 1. The highest BCUT2D eigenvalue weighted by Gasteiger charge is 2.32. The third-order valence-corrected chi connectivity index (χ3v) is 8.21. The third-order valence-electron chi connectivity index (χ3n) is 6.07. The van der Waals surface area contributed by atoms with Gasteiger partial charge < -0.3 is 14.5 Å². The molecular formula is C22H25BrN6O3S. The van der Waals surface area contributed by atoms with Crippen LogP contribution in [0.2, 0.25) is 0 Å². The first-order valence-electron chi connectivity index (χ1n) is 10.8. The van der Waals surface area contributed by atoms with Crippen molar-refractivity contribution >= 4 is 42.9 Å². The summed E-state index contributed by atoms with van der Waals surface area (Å²) in [5.41, 5.74) is 0.895. The lowest BCUT2D eigenvalue weighted by Crippen LogP contribution is -2.50. The number of pyridine rings is 1. The summed E-state index contributed by atoms with van der Waals surface area (Å²) in [6.45, 7) is 3.70. The summed E-state index contributed by atoms with van der Waals surface area (Å²) in [7, 11) is -4.04. The number of nitrogens with zero attached hydrogens (tertiary/aromatic N) is 4. The van der Waals surface area contributed by atoms with Crippen LogP contribution in [-0.4, -0.2) is 52.9 Å². The van der Waals surface area contributed by atoms with Gasteiger partial charge in [-0.15, -0.1) is 0 Å². The monoisotopic (exact) mass is 532 g/mol. The van der Waals surface area contributed by atoms with E-state index in [1.807, 2.05) is 0 Å². The van der Waals surface area contributed by atoms with Crippen LogP contribution < -0.4 is 4.72 Å². The van der Waals surface area contributed by atoms with Crippen LogP contribution >= 0.6 is 15.9 Å². The molecule has 1 aliphatic heterocycles. The van der Waals surface area contributed by atoms with E-state index in [1.54, 1.807) is 34.0 Å². The maximum absolute atomic E-state index is 13.4. The fraction of sp³-hybridized carbons (Fsp3) is 0.409. The number of aromatic amines is 1. The molecule has 4 heterocycles. The van der Waals surface area contributed by atoms with Gasteiger partial charge in [-0.05, 0) is 59.3 Å². The van der Waals surface area contributed by atoms with Crippen LogP contribution in [0.1, 0.15) is 31.9 Å². The molecule has 3 aromatic rings. The predicted molar refractivity (Wildman–Crippen MR) is 127 cm³/mol. The van der Waals surface area contributed by atoms with Crippen molar-refractivity contribution in [3.63, 3.8) is 0 Å². The third kappa shape index (κ3) is 4.98. The van der Waals surface area contributed by atoms with E-state index >= 15 is 0 Å². The second-order valence-corrected chi connectivity index (χ2v) is 10.9. The van der Waals surface area contributed by atoms with Crippen molar-refractivity contribution in [2.45, 2.75) is 43.7 Å². The molecular weight excluding hydrogens is 508 g/mol. The number of amides is 1. The summed E-state index contributed by atoms with van der Waals surface area (Å²) >= 11 is 3.37. The average molecular weight is 533 g/mol. The summed E-state index contributed by atoms with van der Waals surface area (Å²) in [6.07, 6.45) is 6.80. The van der Waals surface area contributed by atoms with E-state index in [9.17, 15) is 18.5 Å². The molecule has 0 radical (unpaired) electrons. The van der Waals surface area contributed by atoms with Gasteiger partial charge in [0.2, 0.25) is 15.9 Å². The van der Waals surface area contributed by atoms with E-state index in [0.29, 0.717) is 46.8 Å². The Kier molecular flexibility index (Phi) is 6.88. The summed E-state index contributed by atoms with van der Waals surface area (Å²) in [4.78, 5) is 22.3. The standard InChI is InChI=1S/C22H25BrN6O3S/c1-15-5-10-29(11-6-15)22(30)18(7-12-28-9-2-3-16(28)13-24)27-33(31,32)19-4-8-25-21-20(19)17(23)14-26-21/h2-4,8-9,14-15,18,27H,5-7,10-12H2,1H3,(H,25,26). The van der Waals surface area contributed by atoms with Crippen molar-refractivity contribution in [3.05, 3.63) is 47.0 Å². The molecule has 174 valence electrons. The fourth-order valence-electron chi connectivity index (χ4n) is 4.12. The Morgan fingerprint density at radius 2 is 2.15 bits per heavy atom. The predicted octanol–water partition coefficient (Wildman–Crippen LogP) is 2.99. The number of likely N-dealkylation sites (tertiary alicyclic amines) is 1. The van der Waals surface area contributed by atoms with E-state index in [2.05, 4.69) is 43.6 Å². The van der Waals surface area contributed by atoms with Gasteiger partial charge in [0.15, 0.2) is 0 Å². The van der Waals surface area contributed by atoms with Gasteiger partial charge in [-0.1, -0.05) is 6.92 Å². The van der Waals surface area contributed by atoms with Gasteiger partial charge in [0.25, 0.3) is 0 Å². The number of carbonyl (C=O) groups is 1. The van der Waals surface area contributed by atoms with E-state index in [1.165, 1.54) is 12.3 Å². The molecule has 0 spiro atoms. The van der Waals surface area contributed by atoms with Gasteiger partial charge in [0.1, 0.15) is 23.5 Å². The highest BCUT2D eigenvalue weighted by Crippen LogP contribution is 2.29. The Labute approximate surface area is 201 Å². The lowest BCUT2D eigenvalue weighted by Gasteiger charge is -2.33. The lowest BCUT2D eigenvalue weighted by molar-refractivity contribution is -0.134. The van der Waals surface area contributed by atoms with Crippen LogP contribution in [0.3, 0.4) is 0 Å². The number of hydrogen-bond acceptors (Lipinski definition) is 5. The largest absolute Gasteiger partial charge is 0.345 e. The number of halogens is 1. The molecule has 0 aromatic carbocycles. The Balaban J connectivity index is 1.62. The first-order chi connectivity index (χ1) is 15.8. The average Bonchev–Trinajstić information content (AvgIpc) is 3.42. The minimum Gasteiger partial charge on any atom is -0.345 e. The van der Waals surface area contributed by atoms with Crippen LogP contribution in [-0.2, 0) is 21.4 Å². The number of aryl methyl sites for hydroxylation is 1. The summed E-state index contributed by atoms with van der Waals surface area (Å²) in [5.74, 6) is 0.299. The second kappa shape index (κ2) is 9.67. The molecule has 0 aliphatic carbocycles. The molecule has 1 fully saturated rings. The molecule has 0 saturated carbocycles. The zero-order valence-electron chi connectivity index (χ0n) is 18.2. The summed E-state index contributed by atoms with van der Waals surface area (Å²) in [6, 6.07) is 6.01. The Morgan fingerprint density at radius 1 is 1.39 bits per heavy atom. The molecule has 2 N–H and O–H groups in total. The van der Waals surface area contributed by atoms with Crippen LogP contribution in [0.5, 0.6) is 0 Å². The normalized spacial score (nSPS) is 16.1. The number of rotatable bonds is 7. The van der Waals surface area contributed by atoms with Crippen molar-refractivity contribution in [3.8, 4) is 6.07 Å². The van der Waals surface area contributed by atoms with Crippen molar-refractivity contribution < 1.29 is 13.2 Å². The van der Waals surface area contributed by atoms with E-state index in [0.717, 1.165) is 12.8 Å². The number of piperidine rings is 1. The lowest BCUT2D eigenvalue weighted by atomic mass is 9.98. The second-order valence-electron chi connectivity index (χ2n) is 8.34. The number of nitriles is 1. The van der Waals surface area contributed by atoms with E-state index < -0.39 is 16.1 Å². The first kappa shape index (κ1) is 23.5. The maximum atomic E-state index is 13.4. The molecule has 1 amide bonds. The zero-order valence-corrected chi connectivity index (χ0v) is 20.6. The van der Waals surface area contributed by atoms with Gasteiger partial charge in [-0.3, -0.25) is 4.79 Å². The molecule has 0 bridgehead atoms. The van der Waals surface area contributed by atoms with Crippen molar-refractivity contribution in [2.24, 2.45) is 5.92 Å². The molecule has 1 aliphatic rings. The van der Waals surface area contributed by atoms with Gasteiger partial charge in [0.05, 0.1) is 10.3 Å².